The predicted molar refractivity (Wildman–Crippen MR) is 79.2 cm³/mol. The summed E-state index contributed by atoms with van der Waals surface area (Å²) in [4.78, 5) is 37.8. The lowest BCUT2D eigenvalue weighted by Gasteiger charge is -2.15. The molecule has 0 aromatic rings. The number of nitrogens with zero attached hydrogens (tertiary/aromatic N) is 2. The molecule has 1 unspecified atom stereocenters. The molecule has 0 aromatic heterocycles. The first-order chi connectivity index (χ1) is 10.7. The molecule has 0 bridgehead atoms. The molecule has 0 spiro atoms. The predicted octanol–water partition coefficient (Wildman–Crippen LogP) is 1.53. The molecular formula is C16H19FN2O4. The van der Waals surface area contributed by atoms with E-state index in [0.717, 1.165) is 4.90 Å². The number of ether oxygens (including phenoxy) is 1. The number of hydrogen-bond donors (Lipinski definition) is 0. The lowest BCUT2D eigenvalue weighted by Crippen LogP contribution is -2.36. The average Bonchev–Trinajstić information content (AvgIpc) is 2.85. The zero-order valence-corrected chi connectivity index (χ0v) is 13.3. The van der Waals surface area contributed by atoms with Crippen LogP contribution in [0.15, 0.2) is 11.9 Å². The van der Waals surface area contributed by atoms with Gasteiger partial charge in [-0.1, -0.05) is 19.8 Å². The van der Waals surface area contributed by atoms with E-state index in [1.807, 2.05) is 13.8 Å². The molecule has 124 valence electrons. The lowest BCUT2D eigenvalue weighted by molar-refractivity contribution is -0.151. The van der Waals surface area contributed by atoms with Gasteiger partial charge in [-0.25, -0.2) is 14.1 Å². The molecule has 23 heavy (non-hydrogen) atoms. The SMILES string of the molecule is C#CCN1CC(=O)N(COC(=O)[C@@H]2C(/C=C(/C)F)C2(C)C)C1=O. The molecule has 2 atom stereocenters. The number of halogens is 1. The summed E-state index contributed by atoms with van der Waals surface area (Å²) in [5.41, 5.74) is -0.404. The summed E-state index contributed by atoms with van der Waals surface area (Å²) in [7, 11) is 0. The largest absolute Gasteiger partial charge is 0.443 e. The van der Waals surface area contributed by atoms with Crippen LogP contribution in [0.3, 0.4) is 0 Å². The maximum Gasteiger partial charge on any atom is 0.330 e. The van der Waals surface area contributed by atoms with Gasteiger partial charge in [-0.15, -0.1) is 6.42 Å². The fraction of sp³-hybridized carbons (Fsp3) is 0.562. The van der Waals surface area contributed by atoms with Gasteiger partial charge < -0.3 is 9.64 Å². The highest BCUT2D eigenvalue weighted by molar-refractivity contribution is 6.02. The highest BCUT2D eigenvalue weighted by atomic mass is 19.1. The van der Waals surface area contributed by atoms with Gasteiger partial charge in [-0.2, -0.15) is 0 Å². The van der Waals surface area contributed by atoms with Crippen LogP contribution in [0, 0.1) is 29.6 Å². The Bertz CT molecular complexity index is 616. The number of imide groups is 1. The first-order valence-corrected chi connectivity index (χ1v) is 7.23. The van der Waals surface area contributed by atoms with Crippen molar-refractivity contribution in [1.82, 2.24) is 9.80 Å². The topological polar surface area (TPSA) is 66.9 Å². The third-order valence-electron chi connectivity index (χ3n) is 4.32. The van der Waals surface area contributed by atoms with E-state index in [-0.39, 0.29) is 24.8 Å². The maximum atomic E-state index is 13.0. The van der Waals surface area contributed by atoms with Crippen LogP contribution in [0.1, 0.15) is 20.8 Å². The first kappa shape index (κ1) is 17.0. The summed E-state index contributed by atoms with van der Waals surface area (Å²) >= 11 is 0. The molecule has 3 amide bonds. The molecule has 0 aromatic carbocycles. The van der Waals surface area contributed by atoms with Gasteiger partial charge in [0.05, 0.1) is 18.3 Å². The van der Waals surface area contributed by atoms with Crippen molar-refractivity contribution in [3.05, 3.63) is 11.9 Å². The minimum Gasteiger partial charge on any atom is -0.443 e. The number of carbonyl (C=O) groups excluding carboxylic acids is 3. The van der Waals surface area contributed by atoms with Crippen LogP contribution >= 0.6 is 0 Å². The van der Waals surface area contributed by atoms with E-state index < -0.39 is 36.0 Å². The zero-order chi connectivity index (χ0) is 17.4. The zero-order valence-electron chi connectivity index (χ0n) is 13.3. The smallest absolute Gasteiger partial charge is 0.330 e. The molecule has 0 radical (unpaired) electrons. The molecule has 1 aliphatic heterocycles. The summed E-state index contributed by atoms with van der Waals surface area (Å²) in [5, 5.41) is 0. The van der Waals surface area contributed by atoms with Crippen molar-refractivity contribution in [2.45, 2.75) is 20.8 Å². The Morgan fingerprint density at radius 3 is 2.74 bits per heavy atom. The van der Waals surface area contributed by atoms with Crippen LogP contribution in [0.4, 0.5) is 9.18 Å². The summed E-state index contributed by atoms with van der Waals surface area (Å²) in [6.45, 7) is 4.44. The number of carbonyl (C=O) groups is 3. The van der Waals surface area contributed by atoms with Crippen LogP contribution in [-0.4, -0.2) is 47.5 Å². The van der Waals surface area contributed by atoms with Crippen molar-refractivity contribution in [1.29, 1.82) is 0 Å². The fourth-order valence-corrected chi connectivity index (χ4v) is 2.86. The number of esters is 1. The van der Waals surface area contributed by atoms with Gasteiger partial charge in [0.15, 0.2) is 6.73 Å². The number of terminal acetylenes is 1. The van der Waals surface area contributed by atoms with E-state index in [9.17, 15) is 18.8 Å². The quantitative estimate of drug-likeness (QED) is 0.437. The van der Waals surface area contributed by atoms with Gasteiger partial charge >= 0.3 is 12.0 Å². The van der Waals surface area contributed by atoms with Crippen LogP contribution in [0.5, 0.6) is 0 Å². The number of urea groups is 1. The van der Waals surface area contributed by atoms with E-state index in [4.69, 9.17) is 11.2 Å². The van der Waals surface area contributed by atoms with Crippen LogP contribution in [0.2, 0.25) is 0 Å². The number of rotatable bonds is 5. The Kier molecular flexibility index (Phi) is 4.46. The second kappa shape index (κ2) is 6.03. The second-order valence-electron chi connectivity index (χ2n) is 6.34. The molecule has 7 heteroatoms. The molecule has 2 rings (SSSR count). The highest BCUT2D eigenvalue weighted by Gasteiger charge is 2.61. The maximum absolute atomic E-state index is 13.0. The summed E-state index contributed by atoms with van der Waals surface area (Å²) < 4.78 is 18.1. The van der Waals surface area contributed by atoms with E-state index in [2.05, 4.69) is 5.92 Å². The third-order valence-corrected chi connectivity index (χ3v) is 4.32. The first-order valence-electron chi connectivity index (χ1n) is 7.23. The van der Waals surface area contributed by atoms with Crippen molar-refractivity contribution >= 4 is 17.9 Å². The molecule has 1 saturated heterocycles. The van der Waals surface area contributed by atoms with Crippen molar-refractivity contribution in [3.63, 3.8) is 0 Å². The molecule has 1 aliphatic carbocycles. The third kappa shape index (κ3) is 3.21. The Labute approximate surface area is 134 Å². The monoisotopic (exact) mass is 322 g/mol. The van der Waals surface area contributed by atoms with Crippen LogP contribution in [-0.2, 0) is 14.3 Å². The summed E-state index contributed by atoms with van der Waals surface area (Å²) in [5.74, 6) is 0.185. The molecule has 2 aliphatic rings. The van der Waals surface area contributed by atoms with Crippen molar-refractivity contribution in [3.8, 4) is 12.3 Å². The average molecular weight is 322 g/mol. The van der Waals surface area contributed by atoms with E-state index in [0.29, 0.717) is 0 Å². The van der Waals surface area contributed by atoms with Crippen molar-refractivity contribution in [2.75, 3.05) is 19.8 Å². The Balaban J connectivity index is 1.93. The second-order valence-corrected chi connectivity index (χ2v) is 6.34. The van der Waals surface area contributed by atoms with E-state index in [1.54, 1.807) is 0 Å². The number of allylic oxidation sites excluding steroid dienone is 2. The standard InChI is InChI=1S/C16H19FN2O4/c1-5-6-18-8-12(20)19(15(18)22)9-23-14(21)13-11(7-10(2)17)16(13,3)4/h1,7,11,13H,6,8-9H2,2-4H3/b10-7-/t11?,13-/m0/s1. The molecule has 2 fully saturated rings. The normalized spacial score (nSPS) is 26.3. The minimum atomic E-state index is -0.577. The van der Waals surface area contributed by atoms with Gasteiger partial charge in [-0.3, -0.25) is 9.59 Å². The van der Waals surface area contributed by atoms with Crippen LogP contribution in [0.25, 0.3) is 0 Å². The fourth-order valence-electron chi connectivity index (χ4n) is 2.86. The number of amides is 3. The molecule has 6 nitrogen and oxygen atoms in total. The minimum absolute atomic E-state index is 0.0212. The van der Waals surface area contributed by atoms with Gasteiger partial charge in [-0.05, 0) is 24.3 Å². The van der Waals surface area contributed by atoms with Crippen LogP contribution < -0.4 is 0 Å². The number of hydrogen-bond acceptors (Lipinski definition) is 4. The Morgan fingerprint density at radius 1 is 1.52 bits per heavy atom. The van der Waals surface area contributed by atoms with Gasteiger partial charge in [0.2, 0.25) is 0 Å². The van der Waals surface area contributed by atoms with E-state index in [1.165, 1.54) is 17.9 Å². The van der Waals surface area contributed by atoms with Gasteiger partial charge in [0.1, 0.15) is 6.54 Å². The van der Waals surface area contributed by atoms with Crippen molar-refractivity contribution in [2.24, 2.45) is 17.3 Å². The van der Waals surface area contributed by atoms with E-state index >= 15 is 0 Å². The lowest BCUT2D eigenvalue weighted by atomic mass is 10.1. The summed E-state index contributed by atoms with van der Waals surface area (Å²) in [6.07, 6.45) is 6.52. The molecule has 0 N–H and O–H groups in total. The Morgan fingerprint density at radius 2 is 2.17 bits per heavy atom. The van der Waals surface area contributed by atoms with Gasteiger partial charge in [0.25, 0.3) is 5.91 Å². The molecule has 1 saturated carbocycles. The highest BCUT2D eigenvalue weighted by Crippen LogP contribution is 2.59. The summed E-state index contributed by atoms with van der Waals surface area (Å²) in [6, 6.07) is -0.577. The Hall–Kier alpha value is -2.36. The molecule has 1 heterocycles. The van der Waals surface area contributed by atoms with Crippen molar-refractivity contribution < 1.29 is 23.5 Å². The van der Waals surface area contributed by atoms with Gasteiger partial charge in [0, 0.05) is 0 Å². The molecular weight excluding hydrogens is 303 g/mol.